The summed E-state index contributed by atoms with van der Waals surface area (Å²) in [5.74, 6) is 1.65. The van der Waals surface area contributed by atoms with Gasteiger partial charge < -0.3 is 10.6 Å². The number of benzene rings is 1. The van der Waals surface area contributed by atoms with Gasteiger partial charge in [0.05, 0.1) is 5.56 Å². The lowest BCUT2D eigenvalue weighted by Crippen LogP contribution is -2.30. The molecule has 3 atom stereocenters. The minimum absolute atomic E-state index is 0.212. The number of hydrogen-bond donors (Lipinski definition) is 1. The quantitative estimate of drug-likeness (QED) is 0.914. The number of thiophene rings is 1. The van der Waals surface area contributed by atoms with E-state index in [1.807, 2.05) is 11.0 Å². The number of nitrogens with two attached hydrogens (primary N) is 1. The predicted octanol–water partition coefficient (Wildman–Crippen LogP) is 3.69. The third kappa shape index (κ3) is 3.13. The Kier molecular flexibility index (Phi) is 4.65. The van der Waals surface area contributed by atoms with Crippen LogP contribution in [0.4, 0.5) is 0 Å². The van der Waals surface area contributed by atoms with Gasteiger partial charge in [-0.3, -0.25) is 4.79 Å². The predicted molar refractivity (Wildman–Crippen MR) is 103 cm³/mol. The molecule has 3 nitrogen and oxygen atoms in total. The molecule has 4 heteroatoms. The van der Waals surface area contributed by atoms with Crippen molar-refractivity contribution in [1.29, 1.82) is 0 Å². The molecule has 25 heavy (non-hydrogen) atoms. The molecule has 2 N–H and O–H groups in total. The number of carbonyl (C=O) groups is 1. The van der Waals surface area contributed by atoms with Crippen LogP contribution in [-0.2, 0) is 12.8 Å². The summed E-state index contributed by atoms with van der Waals surface area (Å²) in [5.41, 5.74) is 9.61. The topological polar surface area (TPSA) is 46.3 Å². The first kappa shape index (κ1) is 16.8. The van der Waals surface area contributed by atoms with E-state index >= 15 is 0 Å². The largest absolute Gasteiger partial charge is 0.338 e. The van der Waals surface area contributed by atoms with Crippen LogP contribution in [-0.4, -0.2) is 30.4 Å². The molecule has 1 amide bonds. The highest BCUT2D eigenvalue weighted by Crippen LogP contribution is 2.36. The number of likely N-dealkylation sites (tertiary alicyclic amines) is 1. The molecule has 1 aromatic carbocycles. The lowest BCUT2D eigenvalue weighted by Gasteiger charge is -2.21. The van der Waals surface area contributed by atoms with E-state index in [1.54, 1.807) is 11.3 Å². The van der Waals surface area contributed by atoms with Crippen LogP contribution < -0.4 is 5.73 Å². The third-order valence-corrected chi connectivity index (χ3v) is 6.94. The molecule has 0 saturated carbocycles. The first-order chi connectivity index (χ1) is 12.2. The van der Waals surface area contributed by atoms with Gasteiger partial charge in [-0.25, -0.2) is 0 Å². The van der Waals surface area contributed by atoms with E-state index in [1.165, 1.54) is 22.4 Å². The van der Waals surface area contributed by atoms with Crippen LogP contribution in [0.2, 0.25) is 0 Å². The zero-order valence-electron chi connectivity index (χ0n) is 14.8. The van der Waals surface area contributed by atoms with Crippen LogP contribution in [0, 0.1) is 11.8 Å². The molecule has 0 bridgehead atoms. The van der Waals surface area contributed by atoms with Gasteiger partial charge in [0.15, 0.2) is 0 Å². The van der Waals surface area contributed by atoms with Crippen molar-refractivity contribution in [3.8, 4) is 0 Å². The first-order valence-corrected chi connectivity index (χ1v) is 10.2. The number of fused-ring (bicyclic) bond motifs is 1. The Balaban J connectivity index is 1.56. The Morgan fingerprint density at radius 3 is 2.84 bits per heavy atom. The van der Waals surface area contributed by atoms with Gasteiger partial charge in [0.25, 0.3) is 5.91 Å². The SMILES string of the molecule is CC1CCc2c(C(=O)N3C[C@@H](CN)[C@H](c4ccccc4)C3)csc2C1. The van der Waals surface area contributed by atoms with Crippen LogP contribution in [0.1, 0.15) is 45.6 Å². The lowest BCUT2D eigenvalue weighted by molar-refractivity contribution is 0.0785. The van der Waals surface area contributed by atoms with E-state index in [-0.39, 0.29) is 5.91 Å². The third-order valence-electron chi connectivity index (χ3n) is 5.89. The van der Waals surface area contributed by atoms with Gasteiger partial charge in [-0.2, -0.15) is 0 Å². The molecule has 1 aliphatic carbocycles. The summed E-state index contributed by atoms with van der Waals surface area (Å²) in [6.45, 7) is 4.49. The van der Waals surface area contributed by atoms with Gasteiger partial charge in [-0.15, -0.1) is 11.3 Å². The van der Waals surface area contributed by atoms with Gasteiger partial charge in [0.2, 0.25) is 0 Å². The number of amides is 1. The summed E-state index contributed by atoms with van der Waals surface area (Å²) >= 11 is 1.77. The van der Waals surface area contributed by atoms with Crippen LogP contribution >= 0.6 is 11.3 Å². The van der Waals surface area contributed by atoms with Crippen LogP contribution in [0.15, 0.2) is 35.7 Å². The maximum Gasteiger partial charge on any atom is 0.255 e. The highest BCUT2D eigenvalue weighted by Gasteiger charge is 2.36. The van der Waals surface area contributed by atoms with Gasteiger partial charge in [-0.05, 0) is 48.8 Å². The van der Waals surface area contributed by atoms with Crippen molar-refractivity contribution < 1.29 is 4.79 Å². The van der Waals surface area contributed by atoms with Crippen molar-refractivity contribution in [2.75, 3.05) is 19.6 Å². The standard InChI is InChI=1S/C21H26N2OS/c1-14-7-8-17-19(13-25-20(17)9-14)21(24)23-11-16(10-22)18(12-23)15-5-3-2-4-6-15/h2-6,13-14,16,18H,7-12,22H2,1H3/t14?,16-,18+/m1/s1. The van der Waals surface area contributed by atoms with Crippen molar-refractivity contribution in [3.05, 3.63) is 57.3 Å². The van der Waals surface area contributed by atoms with E-state index in [2.05, 4.69) is 36.6 Å². The van der Waals surface area contributed by atoms with E-state index in [9.17, 15) is 4.79 Å². The molecule has 2 aromatic rings. The zero-order valence-corrected chi connectivity index (χ0v) is 15.6. The number of hydrogen-bond acceptors (Lipinski definition) is 3. The number of nitrogens with zero attached hydrogens (tertiary/aromatic N) is 1. The summed E-state index contributed by atoms with van der Waals surface area (Å²) in [6.07, 6.45) is 3.38. The van der Waals surface area contributed by atoms with Crippen molar-refractivity contribution >= 4 is 17.2 Å². The second-order valence-corrected chi connectivity index (χ2v) is 8.59. The second kappa shape index (κ2) is 6.93. The van der Waals surface area contributed by atoms with Gasteiger partial charge >= 0.3 is 0 Å². The first-order valence-electron chi connectivity index (χ1n) is 9.31. The minimum Gasteiger partial charge on any atom is -0.338 e. The molecule has 4 rings (SSSR count). The van der Waals surface area contributed by atoms with Crippen molar-refractivity contribution in [2.45, 2.75) is 32.1 Å². The summed E-state index contributed by atoms with van der Waals surface area (Å²) in [6, 6.07) is 10.5. The molecule has 0 radical (unpaired) electrons. The zero-order chi connectivity index (χ0) is 17.4. The number of rotatable bonds is 3. The average molecular weight is 355 g/mol. The van der Waals surface area contributed by atoms with E-state index in [0.717, 1.165) is 37.4 Å². The smallest absolute Gasteiger partial charge is 0.255 e. The fourth-order valence-electron chi connectivity index (χ4n) is 4.38. The Morgan fingerprint density at radius 2 is 2.08 bits per heavy atom. The Bertz CT molecular complexity index is 755. The van der Waals surface area contributed by atoms with Crippen molar-refractivity contribution in [1.82, 2.24) is 4.90 Å². The fraction of sp³-hybridized carbons (Fsp3) is 0.476. The van der Waals surface area contributed by atoms with Crippen LogP contribution in [0.5, 0.6) is 0 Å². The van der Waals surface area contributed by atoms with E-state index in [4.69, 9.17) is 5.73 Å². The molecule has 1 fully saturated rings. The monoisotopic (exact) mass is 354 g/mol. The number of carbonyl (C=O) groups excluding carboxylic acids is 1. The highest BCUT2D eigenvalue weighted by molar-refractivity contribution is 7.10. The molecule has 2 heterocycles. The normalized spacial score (nSPS) is 25.8. The van der Waals surface area contributed by atoms with E-state index < -0.39 is 0 Å². The van der Waals surface area contributed by atoms with Crippen LogP contribution in [0.25, 0.3) is 0 Å². The highest BCUT2D eigenvalue weighted by atomic mass is 32.1. The van der Waals surface area contributed by atoms with Crippen molar-refractivity contribution in [3.63, 3.8) is 0 Å². The molecule has 1 aliphatic heterocycles. The van der Waals surface area contributed by atoms with Crippen LogP contribution in [0.3, 0.4) is 0 Å². The molecular formula is C21H26N2OS. The molecule has 0 spiro atoms. The molecule has 132 valence electrons. The Morgan fingerprint density at radius 1 is 1.28 bits per heavy atom. The van der Waals surface area contributed by atoms with Gasteiger partial charge in [0.1, 0.15) is 0 Å². The minimum atomic E-state index is 0.212. The van der Waals surface area contributed by atoms with Crippen molar-refractivity contribution in [2.24, 2.45) is 17.6 Å². The summed E-state index contributed by atoms with van der Waals surface area (Å²) in [5, 5.41) is 2.10. The summed E-state index contributed by atoms with van der Waals surface area (Å²) in [4.78, 5) is 16.7. The summed E-state index contributed by atoms with van der Waals surface area (Å²) < 4.78 is 0. The molecule has 2 aliphatic rings. The summed E-state index contributed by atoms with van der Waals surface area (Å²) in [7, 11) is 0. The second-order valence-electron chi connectivity index (χ2n) is 7.62. The fourth-order valence-corrected chi connectivity index (χ4v) is 5.62. The Labute approximate surface area is 153 Å². The average Bonchev–Trinajstić information content (AvgIpc) is 3.25. The van der Waals surface area contributed by atoms with E-state index in [0.29, 0.717) is 18.4 Å². The van der Waals surface area contributed by atoms with Gasteiger partial charge in [0, 0.05) is 29.3 Å². The lowest BCUT2D eigenvalue weighted by atomic mass is 9.88. The maximum absolute atomic E-state index is 13.2. The van der Waals surface area contributed by atoms with Gasteiger partial charge in [-0.1, -0.05) is 37.3 Å². The molecule has 1 aromatic heterocycles. The molecule has 1 unspecified atom stereocenters. The molecule has 1 saturated heterocycles. The Hall–Kier alpha value is -1.65. The maximum atomic E-state index is 13.2. The molecular weight excluding hydrogens is 328 g/mol.